The van der Waals surface area contributed by atoms with E-state index in [-0.39, 0.29) is 5.82 Å². The first kappa shape index (κ1) is 13.6. The van der Waals surface area contributed by atoms with Crippen molar-refractivity contribution in [1.29, 1.82) is 0 Å². The summed E-state index contributed by atoms with van der Waals surface area (Å²) in [6.45, 7) is 4.19. The van der Waals surface area contributed by atoms with E-state index in [9.17, 15) is 9.18 Å². The van der Waals surface area contributed by atoms with Crippen molar-refractivity contribution in [2.75, 3.05) is 0 Å². The van der Waals surface area contributed by atoms with Gasteiger partial charge in [0.1, 0.15) is 11.9 Å². The van der Waals surface area contributed by atoms with Crippen molar-refractivity contribution in [1.82, 2.24) is 5.32 Å². The highest BCUT2D eigenvalue weighted by Crippen LogP contribution is 2.10. The van der Waals surface area contributed by atoms with Crippen LogP contribution in [0.4, 0.5) is 4.39 Å². The van der Waals surface area contributed by atoms with E-state index in [0.29, 0.717) is 13.0 Å². The third kappa shape index (κ3) is 4.15. The number of aryl methyl sites for hydroxylation is 1. The summed E-state index contributed by atoms with van der Waals surface area (Å²) >= 11 is 0. The van der Waals surface area contributed by atoms with Gasteiger partial charge in [0.25, 0.3) is 0 Å². The van der Waals surface area contributed by atoms with E-state index in [1.165, 1.54) is 12.1 Å². The lowest BCUT2D eigenvalue weighted by Gasteiger charge is -2.14. The molecule has 0 saturated heterocycles. The standard InChI is InChI=1S/C13H18FNO2/c1-3-4-12(13(16)17)15-8-10-7-11(14)6-5-9(10)2/h5-7,12,15H,3-4,8H2,1-2H3,(H,16,17). The molecule has 1 rings (SSSR count). The fourth-order valence-corrected chi connectivity index (χ4v) is 1.67. The number of hydrogen-bond donors (Lipinski definition) is 2. The number of aliphatic carboxylic acids is 1. The van der Waals surface area contributed by atoms with Gasteiger partial charge in [-0.25, -0.2) is 4.39 Å². The molecular weight excluding hydrogens is 221 g/mol. The van der Waals surface area contributed by atoms with Gasteiger partial charge in [0, 0.05) is 6.54 Å². The van der Waals surface area contributed by atoms with Crippen LogP contribution in [0.5, 0.6) is 0 Å². The maximum Gasteiger partial charge on any atom is 0.320 e. The van der Waals surface area contributed by atoms with Crippen LogP contribution in [0.3, 0.4) is 0 Å². The van der Waals surface area contributed by atoms with Gasteiger partial charge in [-0.05, 0) is 36.6 Å². The van der Waals surface area contributed by atoms with Crippen LogP contribution in [0.15, 0.2) is 18.2 Å². The monoisotopic (exact) mass is 239 g/mol. The van der Waals surface area contributed by atoms with E-state index in [0.717, 1.165) is 17.5 Å². The topological polar surface area (TPSA) is 49.3 Å². The van der Waals surface area contributed by atoms with Gasteiger partial charge in [-0.15, -0.1) is 0 Å². The third-order valence-electron chi connectivity index (χ3n) is 2.73. The normalized spacial score (nSPS) is 12.4. The van der Waals surface area contributed by atoms with Gasteiger partial charge < -0.3 is 10.4 Å². The number of carboxylic acids is 1. The average Bonchev–Trinajstić information content (AvgIpc) is 2.28. The molecule has 0 spiro atoms. The molecule has 0 bridgehead atoms. The molecule has 17 heavy (non-hydrogen) atoms. The van der Waals surface area contributed by atoms with Gasteiger partial charge in [0.15, 0.2) is 0 Å². The number of nitrogens with one attached hydrogen (secondary N) is 1. The van der Waals surface area contributed by atoms with Crippen molar-refractivity contribution in [3.63, 3.8) is 0 Å². The molecular formula is C13H18FNO2. The summed E-state index contributed by atoms with van der Waals surface area (Å²) in [5.74, 6) is -1.16. The van der Waals surface area contributed by atoms with Crippen LogP contribution >= 0.6 is 0 Å². The molecule has 1 unspecified atom stereocenters. The molecule has 0 aliphatic rings. The molecule has 94 valence electrons. The average molecular weight is 239 g/mol. The van der Waals surface area contributed by atoms with E-state index >= 15 is 0 Å². The number of rotatable bonds is 6. The molecule has 0 heterocycles. The molecule has 1 atom stereocenters. The van der Waals surface area contributed by atoms with Crippen molar-refractivity contribution in [2.45, 2.75) is 39.3 Å². The van der Waals surface area contributed by atoms with E-state index in [1.807, 2.05) is 13.8 Å². The van der Waals surface area contributed by atoms with E-state index in [1.54, 1.807) is 6.07 Å². The smallest absolute Gasteiger partial charge is 0.320 e. The molecule has 0 saturated carbocycles. The first-order valence-electron chi connectivity index (χ1n) is 5.75. The van der Waals surface area contributed by atoms with Crippen LogP contribution in [-0.2, 0) is 11.3 Å². The van der Waals surface area contributed by atoms with Gasteiger partial charge in [0.05, 0.1) is 0 Å². The minimum absolute atomic E-state index is 0.297. The van der Waals surface area contributed by atoms with Crippen molar-refractivity contribution in [3.05, 3.63) is 35.1 Å². The molecule has 1 aromatic rings. The molecule has 0 aliphatic heterocycles. The fourth-order valence-electron chi connectivity index (χ4n) is 1.67. The Kier molecular flexibility index (Phi) is 5.10. The van der Waals surface area contributed by atoms with Crippen LogP contribution in [0.1, 0.15) is 30.9 Å². The van der Waals surface area contributed by atoms with Crippen LogP contribution in [0.2, 0.25) is 0 Å². The molecule has 2 N–H and O–H groups in total. The van der Waals surface area contributed by atoms with Crippen molar-refractivity contribution in [2.24, 2.45) is 0 Å². The quantitative estimate of drug-likeness (QED) is 0.801. The minimum atomic E-state index is -0.860. The molecule has 4 heteroatoms. The Hall–Kier alpha value is -1.42. The predicted molar refractivity (Wildman–Crippen MR) is 64.3 cm³/mol. The highest BCUT2D eigenvalue weighted by atomic mass is 19.1. The second-order valence-electron chi connectivity index (χ2n) is 4.13. The highest BCUT2D eigenvalue weighted by molar-refractivity contribution is 5.73. The zero-order chi connectivity index (χ0) is 12.8. The number of carbonyl (C=O) groups is 1. The minimum Gasteiger partial charge on any atom is -0.480 e. The Morgan fingerprint density at radius 3 is 2.82 bits per heavy atom. The number of hydrogen-bond acceptors (Lipinski definition) is 2. The molecule has 1 aromatic carbocycles. The molecule has 0 aliphatic carbocycles. The van der Waals surface area contributed by atoms with Gasteiger partial charge in [0.2, 0.25) is 0 Å². The summed E-state index contributed by atoms with van der Waals surface area (Å²) < 4.78 is 13.0. The summed E-state index contributed by atoms with van der Waals surface area (Å²) in [6, 6.07) is 3.97. The first-order valence-corrected chi connectivity index (χ1v) is 5.75. The maximum atomic E-state index is 13.0. The summed E-state index contributed by atoms with van der Waals surface area (Å²) in [5.41, 5.74) is 1.76. The van der Waals surface area contributed by atoms with Crippen LogP contribution < -0.4 is 5.32 Å². The lowest BCUT2D eigenvalue weighted by atomic mass is 10.1. The summed E-state index contributed by atoms with van der Waals surface area (Å²) in [5, 5.41) is 11.9. The van der Waals surface area contributed by atoms with E-state index in [2.05, 4.69) is 5.32 Å². The van der Waals surface area contributed by atoms with Crippen molar-refractivity contribution in [3.8, 4) is 0 Å². The SMILES string of the molecule is CCCC(NCc1cc(F)ccc1C)C(=O)O. The third-order valence-corrected chi connectivity index (χ3v) is 2.73. The Balaban J connectivity index is 2.64. The second-order valence-corrected chi connectivity index (χ2v) is 4.13. The fraction of sp³-hybridized carbons (Fsp3) is 0.462. The Morgan fingerprint density at radius 1 is 1.53 bits per heavy atom. The largest absolute Gasteiger partial charge is 0.480 e. The number of halogens is 1. The van der Waals surface area contributed by atoms with Crippen LogP contribution in [0, 0.1) is 12.7 Å². The molecule has 0 radical (unpaired) electrons. The predicted octanol–water partition coefficient (Wildman–Crippen LogP) is 2.48. The van der Waals surface area contributed by atoms with Gasteiger partial charge in [-0.2, -0.15) is 0 Å². The molecule has 3 nitrogen and oxygen atoms in total. The van der Waals surface area contributed by atoms with Gasteiger partial charge >= 0.3 is 5.97 Å². The zero-order valence-corrected chi connectivity index (χ0v) is 10.2. The molecule has 0 fully saturated rings. The van der Waals surface area contributed by atoms with Gasteiger partial charge in [-0.1, -0.05) is 19.4 Å². The maximum absolute atomic E-state index is 13.0. The van der Waals surface area contributed by atoms with Crippen molar-refractivity contribution < 1.29 is 14.3 Å². The van der Waals surface area contributed by atoms with Gasteiger partial charge in [-0.3, -0.25) is 4.79 Å². The number of benzene rings is 1. The summed E-state index contributed by atoms with van der Waals surface area (Å²) in [6.07, 6.45) is 1.37. The zero-order valence-electron chi connectivity index (χ0n) is 10.2. The Morgan fingerprint density at radius 2 is 2.24 bits per heavy atom. The van der Waals surface area contributed by atoms with E-state index < -0.39 is 12.0 Å². The number of carboxylic acid groups (broad SMARTS) is 1. The van der Waals surface area contributed by atoms with Crippen molar-refractivity contribution >= 4 is 5.97 Å². The lowest BCUT2D eigenvalue weighted by Crippen LogP contribution is -2.36. The first-order chi connectivity index (χ1) is 8.04. The molecule has 0 aromatic heterocycles. The lowest BCUT2D eigenvalue weighted by molar-refractivity contribution is -0.139. The van der Waals surface area contributed by atoms with Crippen LogP contribution in [-0.4, -0.2) is 17.1 Å². The second kappa shape index (κ2) is 6.35. The highest BCUT2D eigenvalue weighted by Gasteiger charge is 2.15. The summed E-state index contributed by atoms with van der Waals surface area (Å²) in [7, 11) is 0. The Labute approximate surface area is 101 Å². The van der Waals surface area contributed by atoms with Crippen LogP contribution in [0.25, 0.3) is 0 Å². The Bertz CT molecular complexity index is 393. The summed E-state index contributed by atoms with van der Waals surface area (Å²) in [4.78, 5) is 10.9. The molecule has 0 amide bonds. The van der Waals surface area contributed by atoms with E-state index in [4.69, 9.17) is 5.11 Å².